The Balaban J connectivity index is 1.58. The zero-order valence-corrected chi connectivity index (χ0v) is 17.4. The van der Waals surface area contributed by atoms with E-state index in [1.54, 1.807) is 23.0 Å². The Kier molecular flexibility index (Phi) is 5.19. The van der Waals surface area contributed by atoms with Gasteiger partial charge in [0.1, 0.15) is 29.7 Å². The quantitative estimate of drug-likeness (QED) is 0.636. The van der Waals surface area contributed by atoms with Crippen molar-refractivity contribution < 1.29 is 13.9 Å². The molecule has 8 nitrogen and oxygen atoms in total. The molecule has 0 saturated heterocycles. The molecule has 1 atom stereocenters. The molecule has 3 aromatic rings. The van der Waals surface area contributed by atoms with Crippen molar-refractivity contribution in [2.45, 2.75) is 39.3 Å². The van der Waals surface area contributed by atoms with Gasteiger partial charge in [0.05, 0.1) is 24.4 Å². The highest BCUT2D eigenvalue weighted by Gasteiger charge is 2.27. The number of nitrogens with zero attached hydrogens (tertiary/aromatic N) is 4. The summed E-state index contributed by atoms with van der Waals surface area (Å²) in [7, 11) is 0. The molecule has 158 valence electrons. The number of halogens is 1. The molecule has 1 aromatic carbocycles. The van der Waals surface area contributed by atoms with E-state index < -0.39 is 0 Å². The van der Waals surface area contributed by atoms with Crippen molar-refractivity contribution in [2.75, 3.05) is 23.8 Å². The molecule has 3 heterocycles. The van der Waals surface area contributed by atoms with Crippen LogP contribution < -0.4 is 15.4 Å². The first-order valence-electron chi connectivity index (χ1n) is 9.87. The van der Waals surface area contributed by atoms with Gasteiger partial charge in [0.2, 0.25) is 0 Å². The number of aliphatic imine (C=N–C) groups is 1. The normalized spacial score (nSPS) is 16.1. The fraction of sp³-hybridized carbons (Fsp3) is 0.381. The number of hydrogen-bond acceptors (Lipinski definition) is 7. The number of ether oxygens (including phenoxy) is 2. The molecule has 0 radical (unpaired) electrons. The molecule has 0 unspecified atom stereocenters. The van der Waals surface area contributed by atoms with E-state index in [4.69, 9.17) is 9.47 Å². The summed E-state index contributed by atoms with van der Waals surface area (Å²) in [6, 6.07) is 6.55. The van der Waals surface area contributed by atoms with Gasteiger partial charge in [0.25, 0.3) is 6.02 Å². The van der Waals surface area contributed by atoms with Crippen LogP contribution in [0.15, 0.2) is 41.7 Å². The molecule has 9 heteroatoms. The van der Waals surface area contributed by atoms with Crippen LogP contribution in [0.4, 0.5) is 15.9 Å². The molecule has 2 aromatic heterocycles. The lowest BCUT2D eigenvalue weighted by Crippen LogP contribution is -2.17. The van der Waals surface area contributed by atoms with Gasteiger partial charge >= 0.3 is 0 Å². The molecule has 0 bridgehead atoms. The Labute approximate surface area is 174 Å². The predicted molar refractivity (Wildman–Crippen MR) is 114 cm³/mol. The third kappa shape index (κ3) is 4.14. The minimum atomic E-state index is -0.312. The zero-order chi connectivity index (χ0) is 21.3. The monoisotopic (exact) mass is 412 g/mol. The van der Waals surface area contributed by atoms with E-state index in [0.29, 0.717) is 42.1 Å². The first kappa shape index (κ1) is 19.9. The summed E-state index contributed by atoms with van der Waals surface area (Å²) in [5.74, 6) is 0.957. The maximum Gasteiger partial charge on any atom is 0.290 e. The van der Waals surface area contributed by atoms with Gasteiger partial charge in [-0.1, -0.05) is 0 Å². The molecule has 0 fully saturated rings. The topological polar surface area (TPSA) is 85.1 Å². The molecule has 1 aliphatic heterocycles. The fourth-order valence-corrected chi connectivity index (χ4v) is 3.25. The molecule has 4 rings (SSSR count). The van der Waals surface area contributed by atoms with Crippen LogP contribution in [0.5, 0.6) is 5.75 Å². The van der Waals surface area contributed by atoms with Gasteiger partial charge in [0.15, 0.2) is 5.65 Å². The molecule has 0 spiro atoms. The summed E-state index contributed by atoms with van der Waals surface area (Å²) >= 11 is 0. The van der Waals surface area contributed by atoms with E-state index >= 15 is 0 Å². The zero-order valence-electron chi connectivity index (χ0n) is 17.4. The predicted octanol–water partition coefficient (Wildman–Crippen LogP) is 4.02. The lowest BCUT2D eigenvalue weighted by molar-refractivity contribution is 0.278. The number of nitrogens with one attached hydrogen (secondary N) is 2. The van der Waals surface area contributed by atoms with Crippen LogP contribution in [0.2, 0.25) is 0 Å². The van der Waals surface area contributed by atoms with Gasteiger partial charge in [-0.05, 0) is 52.0 Å². The van der Waals surface area contributed by atoms with Gasteiger partial charge in [-0.25, -0.2) is 18.9 Å². The largest absolute Gasteiger partial charge is 0.494 e. The molecule has 0 saturated carbocycles. The number of benzene rings is 1. The van der Waals surface area contributed by atoms with E-state index in [9.17, 15) is 4.39 Å². The van der Waals surface area contributed by atoms with Crippen molar-refractivity contribution >= 4 is 23.2 Å². The highest BCUT2D eigenvalue weighted by molar-refractivity contribution is 5.93. The molecule has 30 heavy (non-hydrogen) atoms. The number of hydrogen-bond donors (Lipinski definition) is 2. The molecule has 1 aliphatic rings. The minimum Gasteiger partial charge on any atom is -0.494 e. The maximum atomic E-state index is 13.8. The lowest BCUT2D eigenvalue weighted by Gasteiger charge is -2.18. The van der Waals surface area contributed by atoms with Crippen molar-refractivity contribution in [3.05, 3.63) is 48.0 Å². The number of aromatic nitrogens is 3. The van der Waals surface area contributed by atoms with Crippen molar-refractivity contribution in [1.29, 1.82) is 0 Å². The standard InChI is InChI=1S/C21H25FN6O2/c1-5-29-17-7-6-14(22)10-15(17)13(2)24-18-8-9-28-19(26-18)16(11-23-28)25-20-27-21(3,4)12-30-20/h6-11,13H,5,12H2,1-4H3,(H,24,26)(H,25,27)/t13-/m1/s1. The van der Waals surface area contributed by atoms with Crippen molar-refractivity contribution in [3.8, 4) is 5.75 Å². The summed E-state index contributed by atoms with van der Waals surface area (Å²) in [5, 5.41) is 10.8. The van der Waals surface area contributed by atoms with E-state index in [1.165, 1.54) is 12.1 Å². The van der Waals surface area contributed by atoms with Crippen molar-refractivity contribution in [3.63, 3.8) is 0 Å². The van der Waals surface area contributed by atoms with Crippen LogP contribution in [0.3, 0.4) is 0 Å². The first-order valence-corrected chi connectivity index (χ1v) is 9.87. The Morgan fingerprint density at radius 1 is 1.33 bits per heavy atom. The number of fused-ring (bicyclic) bond motifs is 1. The summed E-state index contributed by atoms with van der Waals surface area (Å²) in [6.45, 7) is 8.85. The van der Waals surface area contributed by atoms with Gasteiger partial charge in [-0.3, -0.25) is 0 Å². The van der Waals surface area contributed by atoms with Crippen LogP contribution in [-0.4, -0.2) is 39.4 Å². The van der Waals surface area contributed by atoms with Gasteiger partial charge in [0, 0.05) is 11.8 Å². The SMILES string of the molecule is CCOc1ccc(F)cc1[C@@H](C)Nc1ccn2ncc(NC3=NC(C)(C)CO3)c2n1. The summed E-state index contributed by atoms with van der Waals surface area (Å²) in [4.78, 5) is 9.16. The fourth-order valence-electron chi connectivity index (χ4n) is 3.25. The van der Waals surface area contributed by atoms with E-state index in [2.05, 4.69) is 25.7 Å². The van der Waals surface area contributed by atoms with E-state index in [1.807, 2.05) is 33.8 Å². The second-order valence-electron chi connectivity index (χ2n) is 7.76. The van der Waals surface area contributed by atoms with Gasteiger partial charge in [-0.2, -0.15) is 5.10 Å². The van der Waals surface area contributed by atoms with Crippen LogP contribution >= 0.6 is 0 Å². The highest BCUT2D eigenvalue weighted by atomic mass is 19.1. The minimum absolute atomic E-state index is 0.222. The van der Waals surface area contributed by atoms with E-state index in [-0.39, 0.29) is 17.4 Å². The third-order valence-electron chi connectivity index (χ3n) is 4.68. The molecular weight excluding hydrogens is 387 g/mol. The summed E-state index contributed by atoms with van der Waals surface area (Å²) in [6.07, 6.45) is 3.48. The number of amidine groups is 1. The summed E-state index contributed by atoms with van der Waals surface area (Å²) in [5.41, 5.74) is 1.77. The van der Waals surface area contributed by atoms with Crippen molar-refractivity contribution in [1.82, 2.24) is 14.6 Å². The molecule has 0 aliphatic carbocycles. The molecule has 0 amide bonds. The second kappa shape index (κ2) is 7.81. The Morgan fingerprint density at radius 2 is 2.17 bits per heavy atom. The van der Waals surface area contributed by atoms with Crippen LogP contribution in [-0.2, 0) is 4.74 Å². The van der Waals surface area contributed by atoms with Gasteiger partial charge < -0.3 is 20.1 Å². The molecule has 2 N–H and O–H groups in total. The van der Waals surface area contributed by atoms with Crippen molar-refractivity contribution in [2.24, 2.45) is 4.99 Å². The average Bonchev–Trinajstić information content (AvgIpc) is 3.26. The van der Waals surface area contributed by atoms with E-state index in [0.717, 1.165) is 5.56 Å². The smallest absolute Gasteiger partial charge is 0.290 e. The highest BCUT2D eigenvalue weighted by Crippen LogP contribution is 2.29. The third-order valence-corrected chi connectivity index (χ3v) is 4.68. The number of rotatable bonds is 6. The molecular formula is C21H25FN6O2. The average molecular weight is 412 g/mol. The second-order valence-corrected chi connectivity index (χ2v) is 7.76. The Bertz CT molecular complexity index is 1090. The maximum absolute atomic E-state index is 13.8. The lowest BCUT2D eigenvalue weighted by atomic mass is 10.1. The number of anilines is 2. The van der Waals surface area contributed by atoms with Crippen LogP contribution in [0.1, 0.15) is 39.3 Å². The van der Waals surface area contributed by atoms with Crippen LogP contribution in [0, 0.1) is 5.82 Å². The Morgan fingerprint density at radius 3 is 2.90 bits per heavy atom. The van der Waals surface area contributed by atoms with Gasteiger partial charge in [-0.15, -0.1) is 0 Å². The Hall–Kier alpha value is -3.36. The summed E-state index contributed by atoms with van der Waals surface area (Å²) < 4.78 is 26.7. The first-order chi connectivity index (χ1) is 14.3. The van der Waals surface area contributed by atoms with Crippen LogP contribution in [0.25, 0.3) is 5.65 Å².